The average Bonchev–Trinajstić information content (AvgIpc) is 3.22. The number of nitrogens with two attached hydrogens (primary N) is 1. The second-order valence-corrected chi connectivity index (χ2v) is 10.3. The maximum atomic E-state index is 12.9. The Labute approximate surface area is 211 Å². The van der Waals surface area contributed by atoms with Crippen LogP contribution in [0.15, 0.2) is 47.2 Å². The molecule has 1 aliphatic carbocycles. The molecule has 0 atom stereocenters. The summed E-state index contributed by atoms with van der Waals surface area (Å²) in [5.41, 5.74) is 6.03. The number of aliphatic hydroxyl groups is 1. The molecule has 1 aromatic carbocycles. The lowest BCUT2D eigenvalue weighted by molar-refractivity contribution is 0.0283. The number of pyridine rings is 1. The lowest BCUT2D eigenvalue weighted by Gasteiger charge is -2.30. The zero-order valence-corrected chi connectivity index (χ0v) is 21.2. The number of amides is 2. The molecule has 186 valence electrons. The van der Waals surface area contributed by atoms with Gasteiger partial charge >= 0.3 is 0 Å². The second-order valence-electron chi connectivity index (χ2n) is 9.42. The van der Waals surface area contributed by atoms with Crippen LogP contribution in [0.4, 0.5) is 0 Å². The Balaban J connectivity index is 1.34. The van der Waals surface area contributed by atoms with E-state index in [0.717, 1.165) is 30.2 Å². The molecule has 4 N–H and O–H groups in total. The topological polar surface area (TPSA) is 128 Å². The van der Waals surface area contributed by atoms with E-state index in [-0.39, 0.29) is 24.7 Å². The SMILES string of the molecule is CC(C)(O)COc1ccc2c(C(=O)N[C@H]3CC[C@H](Oc4cc(Br)ccc4C(N)=O)CC3)cnn2c1. The summed E-state index contributed by atoms with van der Waals surface area (Å²) in [4.78, 5) is 24.6. The van der Waals surface area contributed by atoms with Gasteiger partial charge in [0.2, 0.25) is 0 Å². The zero-order chi connectivity index (χ0) is 25.2. The number of carbonyl (C=O) groups is 2. The number of rotatable bonds is 8. The van der Waals surface area contributed by atoms with Crippen LogP contribution in [0.3, 0.4) is 0 Å². The fourth-order valence-corrected chi connectivity index (χ4v) is 4.39. The van der Waals surface area contributed by atoms with Gasteiger partial charge in [-0.1, -0.05) is 15.9 Å². The lowest BCUT2D eigenvalue weighted by atomic mass is 9.92. The molecule has 0 unspecified atom stereocenters. The summed E-state index contributed by atoms with van der Waals surface area (Å²) >= 11 is 3.40. The van der Waals surface area contributed by atoms with Crippen molar-refractivity contribution in [1.29, 1.82) is 0 Å². The van der Waals surface area contributed by atoms with E-state index in [0.29, 0.717) is 28.1 Å². The summed E-state index contributed by atoms with van der Waals surface area (Å²) < 4.78 is 14.1. The molecular weight excluding hydrogens is 516 g/mol. The number of ether oxygens (including phenoxy) is 2. The Morgan fingerprint density at radius 2 is 1.94 bits per heavy atom. The van der Waals surface area contributed by atoms with Gasteiger partial charge in [-0.15, -0.1) is 0 Å². The molecule has 0 saturated heterocycles. The number of carbonyl (C=O) groups excluding carboxylic acids is 2. The maximum Gasteiger partial charge on any atom is 0.255 e. The molecule has 1 saturated carbocycles. The Bertz CT molecular complexity index is 1230. The fraction of sp³-hybridized carbons (Fsp3) is 0.400. The van der Waals surface area contributed by atoms with Crippen molar-refractivity contribution in [3.63, 3.8) is 0 Å². The van der Waals surface area contributed by atoms with Gasteiger partial charge in [-0.2, -0.15) is 5.10 Å². The van der Waals surface area contributed by atoms with Crippen LogP contribution in [0, 0.1) is 0 Å². The number of nitrogens with zero attached hydrogens (tertiary/aromatic N) is 2. The summed E-state index contributed by atoms with van der Waals surface area (Å²) in [6.07, 6.45) is 6.16. The lowest BCUT2D eigenvalue weighted by Crippen LogP contribution is -2.39. The second kappa shape index (κ2) is 10.2. The highest BCUT2D eigenvalue weighted by molar-refractivity contribution is 9.10. The largest absolute Gasteiger partial charge is 0.490 e. The third kappa shape index (κ3) is 6.32. The first-order valence-electron chi connectivity index (χ1n) is 11.5. The fourth-order valence-electron chi connectivity index (χ4n) is 4.05. The molecular formula is C25H29BrN4O5. The maximum absolute atomic E-state index is 12.9. The van der Waals surface area contributed by atoms with E-state index >= 15 is 0 Å². The molecule has 4 rings (SSSR count). The third-order valence-electron chi connectivity index (χ3n) is 5.84. The van der Waals surface area contributed by atoms with Crippen LogP contribution in [0.2, 0.25) is 0 Å². The van der Waals surface area contributed by atoms with Gasteiger partial charge in [0.05, 0.1) is 40.7 Å². The molecule has 0 bridgehead atoms. The van der Waals surface area contributed by atoms with Crippen molar-refractivity contribution in [2.75, 3.05) is 6.61 Å². The smallest absolute Gasteiger partial charge is 0.255 e. The van der Waals surface area contributed by atoms with Gasteiger partial charge in [-0.25, -0.2) is 4.52 Å². The number of benzene rings is 1. The highest BCUT2D eigenvalue weighted by atomic mass is 79.9. The molecule has 0 radical (unpaired) electrons. The zero-order valence-electron chi connectivity index (χ0n) is 19.7. The number of hydrogen-bond acceptors (Lipinski definition) is 6. The van der Waals surface area contributed by atoms with Crippen LogP contribution in [-0.2, 0) is 0 Å². The predicted octanol–water partition coefficient (Wildman–Crippen LogP) is 3.47. The van der Waals surface area contributed by atoms with Crippen molar-refractivity contribution in [3.05, 3.63) is 58.3 Å². The van der Waals surface area contributed by atoms with Crippen LogP contribution in [0.5, 0.6) is 11.5 Å². The van der Waals surface area contributed by atoms with Gasteiger partial charge in [-0.05, 0) is 69.9 Å². The first-order chi connectivity index (χ1) is 16.6. The molecule has 10 heteroatoms. The summed E-state index contributed by atoms with van der Waals surface area (Å²) in [6, 6.07) is 8.70. The van der Waals surface area contributed by atoms with Crippen LogP contribution in [0.25, 0.3) is 5.52 Å². The molecule has 2 amide bonds. The Morgan fingerprint density at radius 3 is 2.63 bits per heavy atom. The number of aromatic nitrogens is 2. The van der Waals surface area contributed by atoms with E-state index in [1.807, 2.05) is 0 Å². The minimum atomic E-state index is -0.948. The Morgan fingerprint density at radius 1 is 1.20 bits per heavy atom. The van der Waals surface area contributed by atoms with Crippen LogP contribution in [-0.4, -0.2) is 50.9 Å². The average molecular weight is 545 g/mol. The molecule has 35 heavy (non-hydrogen) atoms. The van der Waals surface area contributed by atoms with Crippen LogP contribution in [0.1, 0.15) is 60.2 Å². The van der Waals surface area contributed by atoms with Gasteiger partial charge in [0.15, 0.2) is 0 Å². The van der Waals surface area contributed by atoms with E-state index in [9.17, 15) is 14.7 Å². The first kappa shape index (κ1) is 25.0. The normalized spacial score (nSPS) is 18.3. The molecule has 1 aliphatic rings. The molecule has 0 spiro atoms. The van der Waals surface area contributed by atoms with Gasteiger partial charge in [0.1, 0.15) is 18.1 Å². The van der Waals surface area contributed by atoms with E-state index in [4.69, 9.17) is 15.2 Å². The highest BCUT2D eigenvalue weighted by Crippen LogP contribution is 2.29. The van der Waals surface area contributed by atoms with Crippen molar-refractivity contribution < 1.29 is 24.2 Å². The Kier molecular flexibility index (Phi) is 7.32. The van der Waals surface area contributed by atoms with Crippen LogP contribution < -0.4 is 20.5 Å². The van der Waals surface area contributed by atoms with Gasteiger partial charge < -0.3 is 25.6 Å². The van der Waals surface area contributed by atoms with E-state index in [1.165, 1.54) is 6.20 Å². The van der Waals surface area contributed by atoms with Crippen molar-refractivity contribution in [2.24, 2.45) is 5.73 Å². The quantitative estimate of drug-likeness (QED) is 0.398. The predicted molar refractivity (Wildman–Crippen MR) is 134 cm³/mol. The van der Waals surface area contributed by atoms with Gasteiger partial charge in [0, 0.05) is 10.5 Å². The number of fused-ring (bicyclic) bond motifs is 1. The van der Waals surface area contributed by atoms with Crippen molar-refractivity contribution >= 4 is 33.3 Å². The summed E-state index contributed by atoms with van der Waals surface area (Å²) in [6.45, 7) is 3.48. The van der Waals surface area contributed by atoms with Gasteiger partial charge in [-0.3, -0.25) is 9.59 Å². The van der Waals surface area contributed by atoms with Crippen molar-refractivity contribution in [2.45, 2.75) is 57.3 Å². The summed E-state index contributed by atoms with van der Waals surface area (Å²) in [5, 5.41) is 17.2. The third-order valence-corrected chi connectivity index (χ3v) is 6.33. The number of halogens is 1. The monoisotopic (exact) mass is 544 g/mol. The van der Waals surface area contributed by atoms with Crippen molar-refractivity contribution in [3.8, 4) is 11.5 Å². The highest BCUT2D eigenvalue weighted by Gasteiger charge is 2.26. The molecule has 1 fully saturated rings. The van der Waals surface area contributed by atoms with E-state index < -0.39 is 11.5 Å². The van der Waals surface area contributed by atoms with Crippen LogP contribution >= 0.6 is 15.9 Å². The number of primary amides is 1. The number of nitrogens with one attached hydrogen (secondary N) is 1. The number of hydrogen-bond donors (Lipinski definition) is 3. The summed E-state index contributed by atoms with van der Waals surface area (Å²) in [5.74, 6) is 0.310. The van der Waals surface area contributed by atoms with Gasteiger partial charge in [0.25, 0.3) is 11.8 Å². The molecule has 3 aromatic rings. The molecule has 2 aromatic heterocycles. The Hall–Kier alpha value is -3.11. The molecule has 0 aliphatic heterocycles. The first-order valence-corrected chi connectivity index (χ1v) is 12.3. The summed E-state index contributed by atoms with van der Waals surface area (Å²) in [7, 11) is 0. The minimum absolute atomic E-state index is 0.0183. The molecule has 2 heterocycles. The molecule has 9 nitrogen and oxygen atoms in total. The minimum Gasteiger partial charge on any atom is -0.490 e. The standard InChI is InChI=1S/C25H29BrN4O5/c1-25(2,33)14-34-18-8-10-21-20(12-28-30(21)13-18)24(32)29-16-4-6-17(7-5-16)35-22-11-15(26)3-9-19(22)23(27)31/h3,8-13,16-17,33H,4-7,14H2,1-2H3,(H2,27,31)(H,29,32)/t16-,17-. The van der Waals surface area contributed by atoms with Crippen molar-refractivity contribution in [1.82, 2.24) is 14.9 Å². The van der Waals surface area contributed by atoms with E-state index in [2.05, 4.69) is 26.3 Å². The van der Waals surface area contributed by atoms with E-state index in [1.54, 1.807) is 54.9 Å².